The van der Waals surface area contributed by atoms with Crippen LogP contribution in [0.2, 0.25) is 0 Å². The Morgan fingerprint density at radius 2 is 2.13 bits per heavy atom. The monoisotopic (exact) mass is 223 g/mol. The number of H-pyrrole nitrogens is 2. The minimum Gasteiger partial charge on any atom is -0.312 e. The Balaban J connectivity index is 2.49. The maximum atomic E-state index is 11.1. The molecule has 0 spiro atoms. The molecule has 0 aliphatic heterocycles. The maximum absolute atomic E-state index is 11.1. The van der Waals surface area contributed by atoms with Crippen molar-refractivity contribution in [1.29, 1.82) is 0 Å². The molecule has 2 aromatic rings. The average Bonchev–Trinajstić information content (AvgIpc) is 2.59. The molecule has 1 heterocycles. The molecule has 0 amide bonds. The zero-order chi connectivity index (χ0) is 10.8. The van der Waals surface area contributed by atoms with Gasteiger partial charge in [0.1, 0.15) is 0 Å². The summed E-state index contributed by atoms with van der Waals surface area (Å²) in [6.07, 6.45) is 0. The molecule has 2 rings (SSSR count). The number of nitrogens with one attached hydrogen (secondary N) is 3. The number of imidazole rings is 1. The van der Waals surface area contributed by atoms with Crippen molar-refractivity contribution in [3.05, 3.63) is 34.2 Å². The Morgan fingerprint density at radius 3 is 2.80 bits per heavy atom. The van der Waals surface area contributed by atoms with Crippen molar-refractivity contribution in [1.82, 2.24) is 15.3 Å². The van der Waals surface area contributed by atoms with E-state index in [4.69, 9.17) is 0 Å². The normalized spacial score (nSPS) is 13.2. The molecule has 4 nitrogen and oxygen atoms in total. The summed E-state index contributed by atoms with van der Waals surface area (Å²) in [5.74, 6) is 0.719. The number of aromatic nitrogens is 2. The van der Waals surface area contributed by atoms with Gasteiger partial charge in [0.05, 0.1) is 11.0 Å². The van der Waals surface area contributed by atoms with Crippen LogP contribution < -0.4 is 11.0 Å². The third-order valence-electron chi connectivity index (χ3n) is 2.47. The lowest BCUT2D eigenvalue weighted by Crippen LogP contribution is -2.17. The first kappa shape index (κ1) is 10.3. The second-order valence-electron chi connectivity index (χ2n) is 3.41. The van der Waals surface area contributed by atoms with Gasteiger partial charge in [-0.25, -0.2) is 4.79 Å². The predicted octanol–water partition coefficient (Wildman–Crippen LogP) is 1.05. The van der Waals surface area contributed by atoms with Crippen LogP contribution in [0.25, 0.3) is 11.0 Å². The molecule has 0 radical (unpaired) electrons. The molecule has 0 saturated carbocycles. The summed E-state index contributed by atoms with van der Waals surface area (Å²) >= 11 is 4.26. The van der Waals surface area contributed by atoms with Gasteiger partial charge in [0.15, 0.2) is 0 Å². The Hall–Kier alpha value is -1.20. The van der Waals surface area contributed by atoms with Crippen LogP contribution in [0.5, 0.6) is 0 Å². The van der Waals surface area contributed by atoms with Gasteiger partial charge in [-0.1, -0.05) is 6.07 Å². The van der Waals surface area contributed by atoms with Crippen LogP contribution in [0.15, 0.2) is 23.0 Å². The Morgan fingerprint density at radius 1 is 1.40 bits per heavy atom. The van der Waals surface area contributed by atoms with E-state index in [1.54, 1.807) is 0 Å². The highest BCUT2D eigenvalue weighted by molar-refractivity contribution is 7.80. The molecule has 80 valence electrons. The molecule has 0 bridgehead atoms. The lowest BCUT2D eigenvalue weighted by atomic mass is 10.1. The third-order valence-corrected chi connectivity index (χ3v) is 2.84. The number of fused-ring (bicyclic) bond motifs is 1. The number of aromatic amines is 2. The number of hydrogen-bond acceptors (Lipinski definition) is 3. The van der Waals surface area contributed by atoms with E-state index in [0.717, 1.165) is 22.3 Å². The summed E-state index contributed by atoms with van der Waals surface area (Å²) in [5.41, 5.74) is 2.61. The largest absolute Gasteiger partial charge is 0.323 e. The van der Waals surface area contributed by atoms with Crippen molar-refractivity contribution in [2.45, 2.75) is 6.04 Å². The van der Waals surface area contributed by atoms with E-state index >= 15 is 0 Å². The molecule has 1 atom stereocenters. The molecule has 1 aromatic carbocycles. The van der Waals surface area contributed by atoms with E-state index in [2.05, 4.69) is 27.9 Å². The standard InChI is InChI=1S/C10H13N3OS/c1-11-9(5-15)6-2-3-7-8(4-6)13-10(14)12-7/h2-4,9,11,15H,5H2,1H3,(H2,12,13,14). The summed E-state index contributed by atoms with van der Waals surface area (Å²) in [4.78, 5) is 16.5. The zero-order valence-electron chi connectivity index (χ0n) is 8.37. The second-order valence-corrected chi connectivity index (χ2v) is 3.77. The van der Waals surface area contributed by atoms with Crippen molar-refractivity contribution in [3.8, 4) is 0 Å². The van der Waals surface area contributed by atoms with Crippen LogP contribution >= 0.6 is 12.6 Å². The molecular weight excluding hydrogens is 210 g/mol. The van der Waals surface area contributed by atoms with Crippen LogP contribution in [-0.4, -0.2) is 22.8 Å². The molecule has 3 N–H and O–H groups in total. The van der Waals surface area contributed by atoms with Crippen LogP contribution in [0.3, 0.4) is 0 Å². The Kier molecular flexibility index (Phi) is 2.83. The number of benzene rings is 1. The molecule has 5 heteroatoms. The van der Waals surface area contributed by atoms with Gasteiger partial charge >= 0.3 is 5.69 Å². The van der Waals surface area contributed by atoms with Crippen molar-refractivity contribution in [2.75, 3.05) is 12.8 Å². The maximum Gasteiger partial charge on any atom is 0.323 e. The van der Waals surface area contributed by atoms with Gasteiger partial charge in [0.2, 0.25) is 0 Å². The molecule has 0 aliphatic rings. The summed E-state index contributed by atoms with van der Waals surface area (Å²) < 4.78 is 0. The highest BCUT2D eigenvalue weighted by atomic mass is 32.1. The molecule has 0 saturated heterocycles. The van der Waals surface area contributed by atoms with Gasteiger partial charge < -0.3 is 15.3 Å². The van der Waals surface area contributed by atoms with E-state index in [-0.39, 0.29) is 11.7 Å². The lowest BCUT2D eigenvalue weighted by Gasteiger charge is -2.13. The smallest absolute Gasteiger partial charge is 0.312 e. The van der Waals surface area contributed by atoms with Crippen molar-refractivity contribution in [2.24, 2.45) is 0 Å². The van der Waals surface area contributed by atoms with E-state index < -0.39 is 0 Å². The van der Waals surface area contributed by atoms with E-state index in [1.807, 2.05) is 25.2 Å². The fourth-order valence-corrected chi connectivity index (χ4v) is 2.02. The average molecular weight is 223 g/mol. The molecule has 0 aliphatic carbocycles. The second kappa shape index (κ2) is 4.12. The highest BCUT2D eigenvalue weighted by Crippen LogP contribution is 2.17. The first-order chi connectivity index (χ1) is 7.24. The number of hydrogen-bond donors (Lipinski definition) is 4. The van der Waals surface area contributed by atoms with E-state index in [1.165, 1.54) is 0 Å². The molecule has 1 unspecified atom stereocenters. The fourth-order valence-electron chi connectivity index (χ4n) is 1.63. The van der Waals surface area contributed by atoms with Crippen molar-refractivity contribution >= 4 is 23.7 Å². The van der Waals surface area contributed by atoms with Gasteiger partial charge in [-0.05, 0) is 24.7 Å². The first-order valence-electron chi connectivity index (χ1n) is 4.74. The van der Waals surface area contributed by atoms with Crippen LogP contribution in [0, 0.1) is 0 Å². The summed E-state index contributed by atoms with van der Waals surface area (Å²) in [6.45, 7) is 0. The predicted molar refractivity (Wildman–Crippen MR) is 64.6 cm³/mol. The number of thiol groups is 1. The third kappa shape index (κ3) is 1.93. The van der Waals surface area contributed by atoms with Gasteiger partial charge in [-0.2, -0.15) is 12.6 Å². The van der Waals surface area contributed by atoms with Crippen molar-refractivity contribution in [3.63, 3.8) is 0 Å². The topological polar surface area (TPSA) is 60.7 Å². The van der Waals surface area contributed by atoms with Gasteiger partial charge in [-0.15, -0.1) is 0 Å². The fraction of sp³-hybridized carbons (Fsp3) is 0.300. The van der Waals surface area contributed by atoms with Gasteiger partial charge in [0.25, 0.3) is 0 Å². The van der Waals surface area contributed by atoms with Crippen LogP contribution in [-0.2, 0) is 0 Å². The Bertz CT molecular complexity index is 513. The molecule has 15 heavy (non-hydrogen) atoms. The molecule has 0 fully saturated rings. The minimum atomic E-state index is -0.172. The summed E-state index contributed by atoms with van der Waals surface area (Å²) in [6, 6.07) is 6.06. The zero-order valence-corrected chi connectivity index (χ0v) is 9.27. The minimum absolute atomic E-state index is 0.172. The van der Waals surface area contributed by atoms with Crippen LogP contribution in [0.4, 0.5) is 0 Å². The SMILES string of the molecule is CNC(CS)c1ccc2[nH]c(=O)[nH]c2c1. The van der Waals surface area contributed by atoms with Crippen molar-refractivity contribution < 1.29 is 0 Å². The van der Waals surface area contributed by atoms with E-state index in [0.29, 0.717) is 0 Å². The lowest BCUT2D eigenvalue weighted by molar-refractivity contribution is 0.664. The van der Waals surface area contributed by atoms with E-state index in [9.17, 15) is 4.79 Å². The summed E-state index contributed by atoms with van der Waals surface area (Å²) in [7, 11) is 1.89. The van der Waals surface area contributed by atoms with Gasteiger partial charge in [0, 0.05) is 11.8 Å². The summed E-state index contributed by atoms with van der Waals surface area (Å²) in [5, 5.41) is 3.16. The van der Waals surface area contributed by atoms with Crippen LogP contribution in [0.1, 0.15) is 11.6 Å². The quantitative estimate of drug-likeness (QED) is 0.588. The molecular formula is C10H13N3OS. The highest BCUT2D eigenvalue weighted by Gasteiger charge is 2.08. The van der Waals surface area contributed by atoms with Gasteiger partial charge in [-0.3, -0.25) is 0 Å². The Labute approximate surface area is 92.5 Å². The molecule has 1 aromatic heterocycles. The first-order valence-corrected chi connectivity index (χ1v) is 5.38. The number of rotatable bonds is 3.